The van der Waals surface area contributed by atoms with E-state index in [1.165, 1.54) is 17.0 Å². The van der Waals surface area contributed by atoms with Crippen molar-refractivity contribution in [3.8, 4) is 0 Å². The Morgan fingerprint density at radius 3 is 2.28 bits per heavy atom. The van der Waals surface area contributed by atoms with E-state index in [-0.39, 0.29) is 28.9 Å². The first-order chi connectivity index (χ1) is 11.3. The van der Waals surface area contributed by atoms with Gasteiger partial charge in [0.05, 0.1) is 17.1 Å². The molecule has 7 nitrogen and oxygen atoms in total. The van der Waals surface area contributed by atoms with Gasteiger partial charge in [-0.15, -0.1) is 35.3 Å². The van der Waals surface area contributed by atoms with Crippen LogP contribution in [0.3, 0.4) is 0 Å². The molecule has 0 radical (unpaired) electrons. The van der Waals surface area contributed by atoms with Gasteiger partial charge in [-0.05, 0) is 31.5 Å². The molecule has 0 saturated heterocycles. The average molecular weight is 495 g/mol. The number of hydrogen-bond acceptors (Lipinski definition) is 5. The molecule has 0 aliphatic rings. The number of aryl methyl sites for hydroxylation is 2. The smallest absolute Gasteiger partial charge is 0.238 e. The highest BCUT2D eigenvalue weighted by molar-refractivity contribution is 14.0. The van der Waals surface area contributed by atoms with Crippen molar-refractivity contribution < 1.29 is 8.42 Å². The van der Waals surface area contributed by atoms with Gasteiger partial charge in [0, 0.05) is 18.5 Å². The summed E-state index contributed by atoms with van der Waals surface area (Å²) in [4.78, 5) is 9.94. The third kappa shape index (κ3) is 6.53. The lowest BCUT2D eigenvalue weighted by Gasteiger charge is -2.11. The van der Waals surface area contributed by atoms with Gasteiger partial charge in [0.2, 0.25) is 10.0 Å². The molecule has 0 aliphatic heterocycles. The molecule has 0 aliphatic carbocycles. The molecule has 0 unspecified atom stereocenters. The van der Waals surface area contributed by atoms with E-state index < -0.39 is 10.0 Å². The van der Waals surface area contributed by atoms with Crippen molar-refractivity contribution in [1.82, 2.24) is 15.6 Å². The molecule has 0 saturated carbocycles. The average Bonchev–Trinajstić information content (AvgIpc) is 2.85. The zero-order chi connectivity index (χ0) is 17.7. The molecule has 0 atom stereocenters. The number of nitrogens with zero attached hydrogens (tertiary/aromatic N) is 2. The molecule has 1 aromatic carbocycles. The second kappa shape index (κ2) is 9.46. The van der Waals surface area contributed by atoms with Gasteiger partial charge in [-0.1, -0.05) is 12.1 Å². The number of guanidine groups is 1. The fraction of sp³-hybridized carbons (Fsp3) is 0.333. The maximum atomic E-state index is 11.2. The van der Waals surface area contributed by atoms with Crippen molar-refractivity contribution in [2.24, 2.45) is 10.1 Å². The molecule has 25 heavy (non-hydrogen) atoms. The number of nitrogens with one attached hydrogen (secondary N) is 2. The van der Waals surface area contributed by atoms with Crippen LogP contribution in [0.15, 0.2) is 34.2 Å². The maximum absolute atomic E-state index is 11.2. The van der Waals surface area contributed by atoms with Gasteiger partial charge in [-0.25, -0.2) is 18.5 Å². The second-order valence-corrected chi connectivity index (χ2v) is 8.07. The van der Waals surface area contributed by atoms with E-state index >= 15 is 0 Å². The SMILES string of the molecule is CN=C(NCc1ccc(S(N)(=O)=O)cc1)NCc1nc(C)c(C)s1.I. The van der Waals surface area contributed by atoms with Crippen molar-refractivity contribution in [3.63, 3.8) is 0 Å². The summed E-state index contributed by atoms with van der Waals surface area (Å²) in [7, 11) is -1.97. The summed E-state index contributed by atoms with van der Waals surface area (Å²) in [5, 5.41) is 12.5. The predicted molar refractivity (Wildman–Crippen MR) is 112 cm³/mol. The monoisotopic (exact) mass is 495 g/mol. The van der Waals surface area contributed by atoms with Crippen LogP contribution < -0.4 is 15.8 Å². The lowest BCUT2D eigenvalue weighted by Crippen LogP contribution is -2.36. The molecule has 0 bridgehead atoms. The van der Waals surface area contributed by atoms with E-state index in [1.54, 1.807) is 30.5 Å². The highest BCUT2D eigenvalue weighted by Gasteiger charge is 2.07. The Kier molecular flexibility index (Phi) is 8.25. The molecule has 2 rings (SSSR count). The van der Waals surface area contributed by atoms with Gasteiger partial charge < -0.3 is 10.6 Å². The largest absolute Gasteiger partial charge is 0.352 e. The number of aliphatic imine (C=N–C) groups is 1. The number of benzene rings is 1. The highest BCUT2D eigenvalue weighted by atomic mass is 127. The topological polar surface area (TPSA) is 109 Å². The lowest BCUT2D eigenvalue weighted by atomic mass is 10.2. The van der Waals surface area contributed by atoms with Crippen molar-refractivity contribution in [2.75, 3.05) is 7.05 Å². The highest BCUT2D eigenvalue weighted by Crippen LogP contribution is 2.15. The van der Waals surface area contributed by atoms with Gasteiger partial charge in [0.1, 0.15) is 5.01 Å². The van der Waals surface area contributed by atoms with Crippen LogP contribution in [0.4, 0.5) is 0 Å². The number of halogens is 1. The minimum atomic E-state index is -3.66. The van der Waals surface area contributed by atoms with Gasteiger partial charge in [0.15, 0.2) is 5.96 Å². The molecule has 1 aromatic heterocycles. The van der Waals surface area contributed by atoms with E-state index in [4.69, 9.17) is 5.14 Å². The molecule has 138 valence electrons. The van der Waals surface area contributed by atoms with E-state index in [0.717, 1.165) is 16.3 Å². The fourth-order valence-electron chi connectivity index (χ4n) is 1.98. The molecule has 2 aromatic rings. The normalized spacial score (nSPS) is 11.8. The summed E-state index contributed by atoms with van der Waals surface area (Å²) >= 11 is 1.66. The number of primary sulfonamides is 1. The summed E-state index contributed by atoms with van der Waals surface area (Å²) < 4.78 is 22.5. The summed E-state index contributed by atoms with van der Waals surface area (Å²) in [6, 6.07) is 6.41. The Bertz CT molecular complexity index is 813. The van der Waals surface area contributed by atoms with Crippen molar-refractivity contribution in [3.05, 3.63) is 45.4 Å². The van der Waals surface area contributed by atoms with Crippen LogP contribution in [-0.2, 0) is 23.1 Å². The Morgan fingerprint density at radius 1 is 1.20 bits per heavy atom. The quantitative estimate of drug-likeness (QED) is 0.334. The zero-order valence-electron chi connectivity index (χ0n) is 14.2. The molecular formula is C15H22IN5O2S2. The predicted octanol–water partition coefficient (Wildman–Crippen LogP) is 1.89. The number of rotatable bonds is 5. The van der Waals surface area contributed by atoms with E-state index in [0.29, 0.717) is 19.0 Å². The van der Waals surface area contributed by atoms with Gasteiger partial charge in [-0.3, -0.25) is 4.99 Å². The molecule has 0 fully saturated rings. The molecular weight excluding hydrogens is 473 g/mol. The number of sulfonamides is 1. The minimum Gasteiger partial charge on any atom is -0.352 e. The number of aromatic nitrogens is 1. The number of hydrogen-bond donors (Lipinski definition) is 3. The van der Waals surface area contributed by atoms with Crippen LogP contribution >= 0.6 is 35.3 Å². The number of thiazole rings is 1. The Labute approximate surface area is 169 Å². The summed E-state index contributed by atoms with van der Waals surface area (Å²) in [5.74, 6) is 0.649. The standard InChI is InChI=1S/C15H21N5O2S2.HI/c1-10-11(2)23-14(20-10)9-19-15(17-3)18-8-12-4-6-13(7-5-12)24(16,21)22;/h4-7H,8-9H2,1-3H3,(H2,16,21,22)(H2,17,18,19);1H. The maximum Gasteiger partial charge on any atom is 0.238 e. The van der Waals surface area contributed by atoms with Crippen LogP contribution in [0, 0.1) is 13.8 Å². The molecule has 4 N–H and O–H groups in total. The molecule has 0 spiro atoms. The van der Waals surface area contributed by atoms with Crippen LogP contribution in [-0.4, -0.2) is 26.4 Å². The van der Waals surface area contributed by atoms with Crippen molar-refractivity contribution >= 4 is 51.3 Å². The lowest BCUT2D eigenvalue weighted by molar-refractivity contribution is 0.597. The number of nitrogens with two attached hydrogens (primary N) is 1. The van der Waals surface area contributed by atoms with Crippen LogP contribution in [0.5, 0.6) is 0 Å². The van der Waals surface area contributed by atoms with Crippen LogP contribution in [0.2, 0.25) is 0 Å². The van der Waals surface area contributed by atoms with Crippen molar-refractivity contribution in [1.29, 1.82) is 0 Å². The van der Waals surface area contributed by atoms with E-state index in [1.807, 2.05) is 6.92 Å². The van der Waals surface area contributed by atoms with Crippen molar-refractivity contribution in [2.45, 2.75) is 31.8 Å². The first-order valence-corrected chi connectivity index (χ1v) is 9.65. The summed E-state index contributed by atoms with van der Waals surface area (Å²) in [5.41, 5.74) is 1.97. The Hall–Kier alpha value is -1.24. The second-order valence-electron chi connectivity index (χ2n) is 5.22. The zero-order valence-corrected chi connectivity index (χ0v) is 18.2. The van der Waals surface area contributed by atoms with E-state index in [2.05, 4.69) is 27.5 Å². The summed E-state index contributed by atoms with van der Waals surface area (Å²) in [6.45, 7) is 5.16. The van der Waals surface area contributed by atoms with Gasteiger partial charge in [0.25, 0.3) is 0 Å². The first kappa shape index (κ1) is 21.8. The third-order valence-electron chi connectivity index (χ3n) is 3.42. The fourth-order valence-corrected chi connectivity index (χ4v) is 3.37. The first-order valence-electron chi connectivity index (χ1n) is 7.29. The molecule has 0 amide bonds. The van der Waals surface area contributed by atoms with Crippen LogP contribution in [0.25, 0.3) is 0 Å². The molecule has 10 heteroatoms. The Balaban J connectivity index is 0.00000312. The Morgan fingerprint density at radius 2 is 1.80 bits per heavy atom. The van der Waals surface area contributed by atoms with Gasteiger partial charge >= 0.3 is 0 Å². The molecule has 1 heterocycles. The van der Waals surface area contributed by atoms with E-state index in [9.17, 15) is 8.42 Å². The van der Waals surface area contributed by atoms with Crippen LogP contribution in [0.1, 0.15) is 21.1 Å². The third-order valence-corrected chi connectivity index (χ3v) is 5.42. The van der Waals surface area contributed by atoms with Gasteiger partial charge in [-0.2, -0.15) is 0 Å². The minimum absolute atomic E-state index is 0. The summed E-state index contributed by atoms with van der Waals surface area (Å²) in [6.07, 6.45) is 0.